The van der Waals surface area contributed by atoms with E-state index in [0.29, 0.717) is 12.3 Å². The Morgan fingerprint density at radius 3 is 2.60 bits per heavy atom. The van der Waals surface area contributed by atoms with Crippen molar-refractivity contribution >= 4 is 17.3 Å². The van der Waals surface area contributed by atoms with Crippen molar-refractivity contribution < 1.29 is 14.3 Å². The second-order valence-electron chi connectivity index (χ2n) is 9.22. The molecule has 1 aromatic carbocycles. The summed E-state index contributed by atoms with van der Waals surface area (Å²) in [7, 11) is 0. The first kappa shape index (κ1) is 23.5. The van der Waals surface area contributed by atoms with Crippen LogP contribution in [0, 0.1) is 0 Å². The summed E-state index contributed by atoms with van der Waals surface area (Å²) in [4.78, 5) is 29.9. The van der Waals surface area contributed by atoms with Crippen LogP contribution in [0.4, 0.5) is 0 Å². The van der Waals surface area contributed by atoms with Gasteiger partial charge >= 0.3 is 0 Å². The van der Waals surface area contributed by atoms with Gasteiger partial charge in [0, 0.05) is 51.4 Å². The number of carbonyl (C=O) groups excluding carboxylic acids is 1. The predicted octanol–water partition coefficient (Wildman–Crippen LogP) is 4.08. The molecule has 0 aliphatic carbocycles. The van der Waals surface area contributed by atoms with Crippen LogP contribution in [0.2, 0.25) is 0 Å². The van der Waals surface area contributed by atoms with E-state index in [2.05, 4.69) is 27.0 Å². The molecule has 2 saturated heterocycles. The van der Waals surface area contributed by atoms with Crippen molar-refractivity contribution in [1.82, 2.24) is 19.8 Å². The maximum Gasteiger partial charge on any atom is 0.238 e. The first-order valence-corrected chi connectivity index (χ1v) is 12.7. The number of likely N-dealkylation sites (tertiary alicyclic amines) is 1. The van der Waals surface area contributed by atoms with E-state index in [0.717, 1.165) is 101 Å². The van der Waals surface area contributed by atoms with Crippen molar-refractivity contribution in [3.05, 3.63) is 54.1 Å². The van der Waals surface area contributed by atoms with Gasteiger partial charge in [0.05, 0.1) is 25.1 Å². The van der Waals surface area contributed by atoms with Crippen LogP contribution in [0.1, 0.15) is 49.8 Å². The highest BCUT2D eigenvalue weighted by Crippen LogP contribution is 2.28. The van der Waals surface area contributed by atoms with Gasteiger partial charge in [-0.2, -0.15) is 0 Å². The average molecular weight is 476 g/mol. The molecular weight excluding hydrogens is 442 g/mol. The molecule has 5 rings (SSSR count). The molecule has 0 N–H and O–H groups in total. The number of nitrogens with zero attached hydrogens (tertiary/aromatic N) is 5. The zero-order valence-electron chi connectivity index (χ0n) is 20.2. The Balaban J connectivity index is 1.14. The smallest absolute Gasteiger partial charge is 0.238 e. The van der Waals surface area contributed by atoms with Gasteiger partial charge < -0.3 is 19.3 Å². The lowest BCUT2D eigenvalue weighted by atomic mass is 10.00. The Bertz CT molecular complexity index is 1080. The van der Waals surface area contributed by atoms with Crippen LogP contribution in [0.25, 0.3) is 5.57 Å². The molecule has 35 heavy (non-hydrogen) atoms. The maximum atomic E-state index is 12.0. The van der Waals surface area contributed by atoms with Crippen molar-refractivity contribution in [2.75, 3.05) is 39.4 Å². The van der Waals surface area contributed by atoms with Gasteiger partial charge in [0.15, 0.2) is 0 Å². The Morgan fingerprint density at radius 1 is 0.971 bits per heavy atom. The van der Waals surface area contributed by atoms with E-state index >= 15 is 0 Å². The molecule has 4 heterocycles. The predicted molar refractivity (Wildman–Crippen MR) is 134 cm³/mol. The minimum atomic E-state index is 0.274. The summed E-state index contributed by atoms with van der Waals surface area (Å²) in [5.41, 5.74) is 3.28. The topological polar surface area (TPSA) is 80.2 Å². The SMILES string of the molecule is O=C1CCCCN1CCCc1cncc(Oc2ccc(C3=CN=C(N4CCOCC4)CC3)cc2)n1. The third-order valence-corrected chi connectivity index (χ3v) is 6.76. The number of ether oxygens (including phenoxy) is 2. The van der Waals surface area contributed by atoms with E-state index in [4.69, 9.17) is 14.5 Å². The highest BCUT2D eigenvalue weighted by molar-refractivity contribution is 5.87. The number of hydrogen-bond acceptors (Lipinski definition) is 7. The number of rotatable bonds is 7. The summed E-state index contributed by atoms with van der Waals surface area (Å²) in [6, 6.07) is 8.08. The van der Waals surface area contributed by atoms with Crippen molar-refractivity contribution in [2.24, 2.45) is 4.99 Å². The molecule has 0 saturated carbocycles. The molecule has 0 radical (unpaired) electrons. The second-order valence-corrected chi connectivity index (χ2v) is 9.22. The number of benzene rings is 1. The fraction of sp³-hybridized carbons (Fsp3) is 0.481. The number of carbonyl (C=O) groups is 1. The number of amidine groups is 1. The summed E-state index contributed by atoms with van der Waals surface area (Å²) in [6.07, 6.45) is 11.8. The van der Waals surface area contributed by atoms with Crippen molar-refractivity contribution in [3.63, 3.8) is 0 Å². The Morgan fingerprint density at radius 2 is 1.83 bits per heavy atom. The summed E-state index contributed by atoms with van der Waals surface area (Å²) in [5.74, 6) is 2.66. The highest BCUT2D eigenvalue weighted by Gasteiger charge is 2.19. The van der Waals surface area contributed by atoms with Gasteiger partial charge in [-0.05, 0) is 55.4 Å². The van der Waals surface area contributed by atoms with Crippen LogP contribution in [0.3, 0.4) is 0 Å². The van der Waals surface area contributed by atoms with Gasteiger partial charge in [0.2, 0.25) is 11.8 Å². The lowest BCUT2D eigenvalue weighted by Crippen LogP contribution is -2.41. The number of amides is 1. The van der Waals surface area contributed by atoms with E-state index in [1.807, 2.05) is 23.2 Å². The molecule has 0 atom stereocenters. The summed E-state index contributed by atoms with van der Waals surface area (Å²) in [6.45, 7) is 5.07. The van der Waals surface area contributed by atoms with E-state index in [1.54, 1.807) is 12.4 Å². The molecular formula is C27H33N5O3. The normalized spacial score (nSPS) is 18.8. The third-order valence-electron chi connectivity index (χ3n) is 6.76. The fourth-order valence-corrected chi connectivity index (χ4v) is 4.77. The molecule has 3 aliphatic heterocycles. The molecule has 8 nitrogen and oxygen atoms in total. The number of aromatic nitrogens is 2. The lowest BCUT2D eigenvalue weighted by Gasteiger charge is -2.31. The number of hydrogen-bond donors (Lipinski definition) is 0. The monoisotopic (exact) mass is 475 g/mol. The number of morpholine rings is 1. The molecule has 1 aromatic heterocycles. The number of allylic oxidation sites excluding steroid dienone is 1. The van der Waals surface area contributed by atoms with Crippen molar-refractivity contribution in [1.29, 1.82) is 0 Å². The van der Waals surface area contributed by atoms with Gasteiger partial charge in [-0.15, -0.1) is 0 Å². The molecule has 2 fully saturated rings. The minimum absolute atomic E-state index is 0.274. The largest absolute Gasteiger partial charge is 0.437 e. The van der Waals surface area contributed by atoms with Crippen LogP contribution >= 0.6 is 0 Å². The van der Waals surface area contributed by atoms with E-state index in [1.165, 1.54) is 5.57 Å². The first-order chi connectivity index (χ1) is 17.2. The van der Waals surface area contributed by atoms with E-state index < -0.39 is 0 Å². The van der Waals surface area contributed by atoms with Crippen molar-refractivity contribution in [3.8, 4) is 11.6 Å². The van der Waals surface area contributed by atoms with Crippen LogP contribution in [-0.2, 0) is 16.0 Å². The van der Waals surface area contributed by atoms with Crippen LogP contribution in [0.15, 0.2) is 47.9 Å². The molecule has 0 bridgehead atoms. The molecule has 184 valence electrons. The van der Waals surface area contributed by atoms with Crippen LogP contribution in [-0.4, -0.2) is 70.9 Å². The quantitative estimate of drug-likeness (QED) is 0.600. The molecule has 0 spiro atoms. The molecule has 3 aliphatic rings. The van der Waals surface area contributed by atoms with E-state index in [9.17, 15) is 4.79 Å². The highest BCUT2D eigenvalue weighted by atomic mass is 16.5. The van der Waals surface area contributed by atoms with E-state index in [-0.39, 0.29) is 5.91 Å². The number of aliphatic imine (C=N–C) groups is 1. The zero-order chi connectivity index (χ0) is 23.9. The van der Waals surface area contributed by atoms with Gasteiger partial charge in [-0.1, -0.05) is 12.1 Å². The molecule has 8 heteroatoms. The zero-order valence-corrected chi connectivity index (χ0v) is 20.2. The average Bonchev–Trinajstić information content (AvgIpc) is 2.91. The van der Waals surface area contributed by atoms with Gasteiger partial charge in [0.1, 0.15) is 11.6 Å². The van der Waals surface area contributed by atoms with Crippen LogP contribution in [0.5, 0.6) is 11.6 Å². The molecule has 1 amide bonds. The summed E-state index contributed by atoms with van der Waals surface area (Å²) >= 11 is 0. The number of aryl methyl sites for hydroxylation is 1. The van der Waals surface area contributed by atoms with Gasteiger partial charge in [-0.25, -0.2) is 9.98 Å². The fourth-order valence-electron chi connectivity index (χ4n) is 4.77. The Labute approximate surface area is 206 Å². The Hall–Kier alpha value is -3.26. The van der Waals surface area contributed by atoms with Crippen molar-refractivity contribution in [2.45, 2.75) is 44.9 Å². The number of piperidine rings is 1. The maximum absolute atomic E-state index is 12.0. The molecule has 0 unspecified atom stereocenters. The standard InChI is InChI=1S/C27H33N5O3/c33-27-5-1-2-12-32(27)13-3-4-23-19-28-20-26(30-23)35-24-9-6-21(7-10-24)22-8-11-25(29-18-22)31-14-16-34-17-15-31/h6-7,9-10,18-20H,1-5,8,11-17H2. The second kappa shape index (κ2) is 11.4. The van der Waals surface area contributed by atoms with Gasteiger partial charge in [-0.3, -0.25) is 9.78 Å². The minimum Gasteiger partial charge on any atom is -0.437 e. The van der Waals surface area contributed by atoms with Gasteiger partial charge in [0.25, 0.3) is 0 Å². The van der Waals surface area contributed by atoms with Crippen LogP contribution < -0.4 is 4.74 Å². The lowest BCUT2D eigenvalue weighted by molar-refractivity contribution is -0.133. The Kier molecular flexibility index (Phi) is 7.68. The summed E-state index contributed by atoms with van der Waals surface area (Å²) < 4.78 is 11.4. The third kappa shape index (κ3) is 6.25. The summed E-state index contributed by atoms with van der Waals surface area (Å²) in [5, 5.41) is 0. The molecule has 2 aromatic rings. The first-order valence-electron chi connectivity index (χ1n) is 12.7.